The summed E-state index contributed by atoms with van der Waals surface area (Å²) in [4.78, 5) is 19.6. The smallest absolute Gasteiger partial charge is 0.225 e. The van der Waals surface area contributed by atoms with E-state index in [-0.39, 0.29) is 11.1 Å². The summed E-state index contributed by atoms with van der Waals surface area (Å²) in [5.41, 5.74) is 0. The predicted molar refractivity (Wildman–Crippen MR) is 68.4 cm³/mol. The third-order valence-corrected chi connectivity index (χ3v) is 3.26. The highest BCUT2D eigenvalue weighted by Crippen LogP contribution is 2.32. The maximum absolute atomic E-state index is 11.8. The molecule has 0 atom stereocenters. The summed E-state index contributed by atoms with van der Waals surface area (Å²) in [6, 6.07) is 0. The minimum atomic E-state index is -0.0719. The highest BCUT2D eigenvalue weighted by atomic mass is 35.5. The first-order valence-electron chi connectivity index (χ1n) is 6.07. The Labute approximate surface area is 111 Å². The molecule has 1 aromatic heterocycles. The number of aromatic nitrogens is 2. The van der Waals surface area contributed by atoms with Crippen molar-refractivity contribution in [1.29, 1.82) is 0 Å². The summed E-state index contributed by atoms with van der Waals surface area (Å²) >= 11 is 5.81. The second-order valence-electron chi connectivity index (χ2n) is 4.36. The predicted octanol–water partition coefficient (Wildman–Crippen LogP) is 2.27. The van der Waals surface area contributed by atoms with Crippen molar-refractivity contribution in [1.82, 2.24) is 9.97 Å². The molecule has 18 heavy (non-hydrogen) atoms. The average Bonchev–Trinajstić information content (AvgIpc) is 2.29. The van der Waals surface area contributed by atoms with Crippen LogP contribution >= 0.6 is 11.6 Å². The fourth-order valence-electron chi connectivity index (χ4n) is 2.06. The number of anilines is 1. The molecule has 0 aromatic carbocycles. The normalized spacial score (nSPS) is 22.3. The Morgan fingerprint density at radius 3 is 2.89 bits per heavy atom. The van der Waals surface area contributed by atoms with E-state index in [1.807, 2.05) is 6.92 Å². The molecule has 1 heterocycles. The minimum absolute atomic E-state index is 0.0719. The van der Waals surface area contributed by atoms with E-state index in [4.69, 9.17) is 16.3 Å². The number of carbonyl (C=O) groups is 1. The van der Waals surface area contributed by atoms with Crippen LogP contribution in [0.1, 0.15) is 26.2 Å². The molecule has 1 fully saturated rings. The number of hydrogen-bond acceptors (Lipinski definition) is 4. The average molecular weight is 270 g/mol. The summed E-state index contributed by atoms with van der Waals surface area (Å²) in [6.45, 7) is 2.72. The number of halogens is 1. The van der Waals surface area contributed by atoms with Crippen molar-refractivity contribution in [3.8, 4) is 0 Å². The van der Waals surface area contributed by atoms with Gasteiger partial charge in [-0.25, -0.2) is 9.97 Å². The lowest BCUT2D eigenvalue weighted by Crippen LogP contribution is -2.34. The van der Waals surface area contributed by atoms with Crippen LogP contribution in [0.4, 0.5) is 5.82 Å². The SMILES string of the molecule is CCOC1CC(CC(=O)Nc2nccnc2Cl)C1. The van der Waals surface area contributed by atoms with Crippen molar-refractivity contribution < 1.29 is 9.53 Å². The van der Waals surface area contributed by atoms with E-state index in [0.717, 1.165) is 19.4 Å². The van der Waals surface area contributed by atoms with E-state index >= 15 is 0 Å². The standard InChI is InChI=1S/C12H16ClN3O2/c1-2-18-9-5-8(6-9)7-10(17)16-12-11(13)14-3-4-15-12/h3-4,8-9H,2,5-7H2,1H3,(H,15,16,17). The fourth-order valence-corrected chi connectivity index (χ4v) is 2.22. The Kier molecular flexibility index (Phi) is 4.49. The van der Waals surface area contributed by atoms with Gasteiger partial charge in [0, 0.05) is 25.4 Å². The van der Waals surface area contributed by atoms with Crippen LogP contribution in [-0.2, 0) is 9.53 Å². The summed E-state index contributed by atoms with van der Waals surface area (Å²) < 4.78 is 5.45. The molecule has 0 saturated heterocycles. The van der Waals surface area contributed by atoms with Gasteiger partial charge in [-0.05, 0) is 25.7 Å². The highest BCUT2D eigenvalue weighted by Gasteiger charge is 2.31. The number of nitrogens with one attached hydrogen (secondary N) is 1. The van der Waals surface area contributed by atoms with Gasteiger partial charge < -0.3 is 10.1 Å². The van der Waals surface area contributed by atoms with Gasteiger partial charge in [-0.1, -0.05) is 11.6 Å². The molecule has 0 unspecified atom stereocenters. The number of carbonyl (C=O) groups excluding carboxylic acids is 1. The minimum Gasteiger partial charge on any atom is -0.378 e. The first-order chi connectivity index (χ1) is 8.69. The largest absolute Gasteiger partial charge is 0.378 e. The van der Waals surface area contributed by atoms with Crippen molar-refractivity contribution in [3.63, 3.8) is 0 Å². The van der Waals surface area contributed by atoms with E-state index in [2.05, 4.69) is 15.3 Å². The lowest BCUT2D eigenvalue weighted by molar-refractivity contribution is -0.119. The van der Waals surface area contributed by atoms with Crippen LogP contribution in [0.2, 0.25) is 5.15 Å². The van der Waals surface area contributed by atoms with Gasteiger partial charge in [0.2, 0.25) is 5.91 Å². The Morgan fingerprint density at radius 2 is 2.22 bits per heavy atom. The molecule has 1 saturated carbocycles. The molecule has 1 amide bonds. The van der Waals surface area contributed by atoms with E-state index in [0.29, 0.717) is 24.3 Å². The quantitative estimate of drug-likeness (QED) is 0.891. The van der Waals surface area contributed by atoms with E-state index in [1.54, 1.807) is 0 Å². The first kappa shape index (κ1) is 13.2. The van der Waals surface area contributed by atoms with Gasteiger partial charge in [0.25, 0.3) is 0 Å². The topological polar surface area (TPSA) is 64.1 Å². The van der Waals surface area contributed by atoms with Crippen molar-refractivity contribution in [3.05, 3.63) is 17.5 Å². The number of amides is 1. The van der Waals surface area contributed by atoms with Gasteiger partial charge in [0.05, 0.1) is 6.10 Å². The van der Waals surface area contributed by atoms with E-state index in [1.165, 1.54) is 12.4 Å². The van der Waals surface area contributed by atoms with Crippen LogP contribution in [0.25, 0.3) is 0 Å². The third-order valence-electron chi connectivity index (χ3n) is 2.98. The monoisotopic (exact) mass is 269 g/mol. The zero-order chi connectivity index (χ0) is 13.0. The Morgan fingerprint density at radius 1 is 1.50 bits per heavy atom. The first-order valence-corrected chi connectivity index (χ1v) is 6.44. The lowest BCUT2D eigenvalue weighted by Gasteiger charge is -2.34. The molecule has 1 aliphatic rings. The number of rotatable bonds is 5. The summed E-state index contributed by atoms with van der Waals surface area (Å²) in [5.74, 6) is 0.652. The summed E-state index contributed by atoms with van der Waals surface area (Å²) in [5, 5.41) is 2.89. The number of hydrogen-bond donors (Lipinski definition) is 1. The van der Waals surface area contributed by atoms with Gasteiger partial charge in [0.1, 0.15) is 0 Å². The molecule has 0 spiro atoms. The molecular formula is C12H16ClN3O2. The number of nitrogens with zero attached hydrogens (tertiary/aromatic N) is 2. The number of ether oxygens (including phenoxy) is 1. The van der Waals surface area contributed by atoms with Crippen LogP contribution in [0.5, 0.6) is 0 Å². The summed E-state index contributed by atoms with van der Waals surface area (Å²) in [6.07, 6.45) is 5.70. The maximum atomic E-state index is 11.8. The van der Waals surface area contributed by atoms with Crippen LogP contribution in [-0.4, -0.2) is 28.6 Å². The van der Waals surface area contributed by atoms with Gasteiger partial charge >= 0.3 is 0 Å². The second-order valence-corrected chi connectivity index (χ2v) is 4.72. The molecule has 5 nitrogen and oxygen atoms in total. The van der Waals surface area contributed by atoms with Crippen molar-refractivity contribution in [2.24, 2.45) is 5.92 Å². The molecular weight excluding hydrogens is 254 g/mol. The Bertz CT molecular complexity index is 422. The van der Waals surface area contributed by atoms with Gasteiger partial charge in [0.15, 0.2) is 11.0 Å². The van der Waals surface area contributed by atoms with Crippen molar-refractivity contribution in [2.75, 3.05) is 11.9 Å². The molecule has 0 bridgehead atoms. The van der Waals surface area contributed by atoms with Gasteiger partial charge in [-0.3, -0.25) is 4.79 Å². The lowest BCUT2D eigenvalue weighted by atomic mass is 9.80. The Hall–Kier alpha value is -1.20. The van der Waals surface area contributed by atoms with Crippen molar-refractivity contribution in [2.45, 2.75) is 32.3 Å². The summed E-state index contributed by atoms with van der Waals surface area (Å²) in [7, 11) is 0. The second kappa shape index (κ2) is 6.11. The molecule has 6 heteroatoms. The maximum Gasteiger partial charge on any atom is 0.225 e. The van der Waals surface area contributed by atoms with Gasteiger partial charge in [-0.15, -0.1) is 0 Å². The molecule has 1 aromatic rings. The molecule has 98 valence electrons. The molecule has 0 radical (unpaired) electrons. The molecule has 1 aliphatic carbocycles. The van der Waals surface area contributed by atoms with Crippen molar-refractivity contribution >= 4 is 23.3 Å². The molecule has 2 rings (SSSR count). The van der Waals surface area contributed by atoms with Gasteiger partial charge in [-0.2, -0.15) is 0 Å². The molecule has 0 aliphatic heterocycles. The zero-order valence-electron chi connectivity index (χ0n) is 10.2. The highest BCUT2D eigenvalue weighted by molar-refractivity contribution is 6.32. The fraction of sp³-hybridized carbons (Fsp3) is 0.583. The van der Waals surface area contributed by atoms with Crippen LogP contribution in [0, 0.1) is 5.92 Å². The Balaban J connectivity index is 1.75. The van der Waals surface area contributed by atoms with E-state index < -0.39 is 0 Å². The van der Waals surface area contributed by atoms with E-state index in [9.17, 15) is 4.79 Å². The third kappa shape index (κ3) is 3.40. The van der Waals surface area contributed by atoms with Crippen LogP contribution < -0.4 is 5.32 Å². The van der Waals surface area contributed by atoms with Crippen LogP contribution in [0.15, 0.2) is 12.4 Å². The molecule has 1 N–H and O–H groups in total. The van der Waals surface area contributed by atoms with Crippen LogP contribution in [0.3, 0.4) is 0 Å². The zero-order valence-corrected chi connectivity index (χ0v) is 11.0.